The molecular weight excluding hydrogens is 735 g/mol. The summed E-state index contributed by atoms with van der Waals surface area (Å²) in [4.78, 5) is 87.6. The largest absolute Gasteiger partial charge is 0.412 e. The van der Waals surface area contributed by atoms with E-state index >= 15 is 0 Å². The zero-order valence-electron chi connectivity index (χ0n) is 27.9. The number of carbonyl (C=O) groups excluding carboxylic acids is 7. The molecule has 4 atom stereocenters. The average Bonchev–Trinajstić information content (AvgIpc) is 3.32. The summed E-state index contributed by atoms with van der Waals surface area (Å²) >= 11 is 1.09. The van der Waals surface area contributed by atoms with Gasteiger partial charge in [0.2, 0.25) is 23.6 Å². The maximum absolute atomic E-state index is 13.0. The Balaban J connectivity index is 0.0000120. The minimum Gasteiger partial charge on any atom is -0.410 e. The Kier molecular flexibility index (Phi) is 21.3. The van der Waals surface area contributed by atoms with Crippen LogP contribution < -0.4 is 37.9 Å². The number of ketones is 2. The molecule has 1 fully saturated rings. The number of methoxy groups -OCH3 is 1. The molecule has 9 N–H and O–H groups in total. The number of Topliss-reactive ketones (excluding diaryl/α,β-unsaturated/α-hetero) is 2. The molecule has 1 radical (unpaired) electrons. The van der Waals surface area contributed by atoms with Crippen LogP contribution in [0.25, 0.3) is 0 Å². The summed E-state index contributed by atoms with van der Waals surface area (Å²) in [5, 5.41) is 7.16. The van der Waals surface area contributed by atoms with Gasteiger partial charge in [-0.05, 0) is 44.0 Å². The van der Waals surface area contributed by atoms with Gasteiger partial charge in [-0.15, -0.1) is 11.8 Å². The SMILES string of the molecule is CNC(CCNC(=O)Oc1ccc(C[C@H](N)C(=O)NCN)cc1)C(=O)C[C@@H](CSC1CC(=O)N(CCC(=O)CCCOC)C1=O)C(N)=O.[Y]. The molecule has 1 aromatic rings. The summed E-state index contributed by atoms with van der Waals surface area (Å²) in [6.07, 6.45) is 0.392. The number of imide groups is 1. The molecule has 0 aromatic heterocycles. The Hall–Kier alpha value is -2.80. The fourth-order valence-corrected chi connectivity index (χ4v) is 6.13. The fraction of sp³-hybridized carbons (Fsp3) is 0.581. The molecule has 1 aromatic carbocycles. The first kappa shape index (κ1) is 44.2. The second kappa shape index (κ2) is 23.6. The van der Waals surface area contributed by atoms with Crippen molar-refractivity contribution in [2.24, 2.45) is 23.1 Å². The van der Waals surface area contributed by atoms with Gasteiger partial charge in [-0.3, -0.25) is 33.7 Å². The number of thioether (sulfide) groups is 1. The fourth-order valence-electron chi connectivity index (χ4n) is 4.85. The van der Waals surface area contributed by atoms with Crippen molar-refractivity contribution in [2.45, 2.75) is 62.3 Å². The third-order valence-electron chi connectivity index (χ3n) is 7.61. The standard InChI is InChI=1S/C31H47N7O9S.Y/c1-35-24(9-11-36-31(45)47-22-7-5-19(6-8-22)14-23(33)29(43)37-18-32)25(40)15-20(28(34)42)17-48-26-16-27(41)38(30(26)44)12-10-21(39)4-3-13-46-2;/h5-8,20,23-24,26,35H,3-4,9-18,32-33H2,1-2H3,(H2,34,42)(H,36,45)(H,37,43);/t20-,23-,24?,26?;/m0./s1. The van der Waals surface area contributed by atoms with E-state index in [0.29, 0.717) is 19.4 Å². The molecule has 49 heavy (non-hydrogen) atoms. The number of likely N-dealkylation sites (N-methyl/N-ethyl adjacent to an activating group) is 1. The number of benzene rings is 1. The number of nitrogens with two attached hydrogens (primary N) is 3. The third kappa shape index (κ3) is 15.7. The number of likely N-dealkylation sites (tertiary alicyclic amines) is 1. The number of rotatable bonds is 23. The van der Waals surface area contributed by atoms with Crippen LogP contribution in [0.1, 0.15) is 44.1 Å². The van der Waals surface area contributed by atoms with E-state index in [-0.39, 0.29) is 119 Å². The molecule has 5 amide bonds. The molecule has 18 heteroatoms. The first-order valence-corrected chi connectivity index (χ1v) is 16.7. The monoisotopic (exact) mass is 782 g/mol. The van der Waals surface area contributed by atoms with Crippen molar-refractivity contribution in [2.75, 3.05) is 46.3 Å². The topological polar surface area (TPSA) is 255 Å². The molecule has 1 aliphatic rings. The number of carbonyl (C=O) groups is 7. The molecule has 0 spiro atoms. The third-order valence-corrected chi connectivity index (χ3v) is 8.98. The van der Waals surface area contributed by atoms with E-state index in [1.807, 2.05) is 0 Å². The second-order valence-corrected chi connectivity index (χ2v) is 12.4. The maximum Gasteiger partial charge on any atom is 0.412 e. The first-order chi connectivity index (χ1) is 22.9. The van der Waals surface area contributed by atoms with Crippen LogP contribution in [0, 0.1) is 5.92 Å². The summed E-state index contributed by atoms with van der Waals surface area (Å²) in [6.45, 7) is 0.521. The van der Waals surface area contributed by atoms with Crippen molar-refractivity contribution in [3.8, 4) is 5.75 Å². The van der Waals surface area contributed by atoms with Crippen molar-refractivity contribution in [1.29, 1.82) is 0 Å². The Morgan fingerprint density at radius 2 is 1.78 bits per heavy atom. The number of hydrogen-bond donors (Lipinski definition) is 6. The van der Waals surface area contributed by atoms with Gasteiger partial charge >= 0.3 is 6.09 Å². The van der Waals surface area contributed by atoms with Crippen LogP contribution in [-0.2, 0) is 72.6 Å². The Bertz CT molecular complexity index is 1290. The number of ether oxygens (including phenoxy) is 2. The summed E-state index contributed by atoms with van der Waals surface area (Å²) in [5.74, 6) is -2.85. The normalized spacial score (nSPS) is 15.9. The summed E-state index contributed by atoms with van der Waals surface area (Å²) in [7, 11) is 3.11. The van der Waals surface area contributed by atoms with Gasteiger partial charge in [0.25, 0.3) is 0 Å². The van der Waals surface area contributed by atoms with Gasteiger partial charge in [-0.2, -0.15) is 0 Å². The minimum absolute atomic E-state index is 0. The number of nitrogens with zero attached hydrogens (tertiary/aromatic N) is 1. The predicted octanol–water partition coefficient (Wildman–Crippen LogP) is -1.04. The molecule has 0 bridgehead atoms. The molecule has 2 rings (SSSR count). The van der Waals surface area contributed by atoms with Crippen LogP contribution in [0.3, 0.4) is 0 Å². The van der Waals surface area contributed by atoms with Crippen LogP contribution in [-0.4, -0.2) is 110 Å². The summed E-state index contributed by atoms with van der Waals surface area (Å²) in [6, 6.07) is 4.98. The van der Waals surface area contributed by atoms with E-state index in [9.17, 15) is 33.6 Å². The number of primary amides is 1. The summed E-state index contributed by atoms with van der Waals surface area (Å²) in [5.41, 5.74) is 17.5. The number of amides is 5. The van der Waals surface area contributed by atoms with Crippen LogP contribution in [0.15, 0.2) is 24.3 Å². The molecule has 1 saturated heterocycles. The smallest absolute Gasteiger partial charge is 0.410 e. The molecule has 16 nitrogen and oxygen atoms in total. The summed E-state index contributed by atoms with van der Waals surface area (Å²) < 4.78 is 10.2. The van der Waals surface area contributed by atoms with Crippen molar-refractivity contribution in [3.63, 3.8) is 0 Å². The van der Waals surface area contributed by atoms with Crippen LogP contribution in [0.5, 0.6) is 5.75 Å². The Morgan fingerprint density at radius 3 is 2.39 bits per heavy atom. The maximum atomic E-state index is 13.0. The van der Waals surface area contributed by atoms with Gasteiger partial charge in [-0.1, -0.05) is 12.1 Å². The van der Waals surface area contributed by atoms with E-state index in [4.69, 9.17) is 26.7 Å². The van der Waals surface area contributed by atoms with Crippen LogP contribution >= 0.6 is 11.8 Å². The molecule has 0 aliphatic carbocycles. The van der Waals surface area contributed by atoms with Crippen molar-refractivity contribution < 1.29 is 75.7 Å². The average molecular weight is 783 g/mol. The predicted molar refractivity (Wildman–Crippen MR) is 177 cm³/mol. The van der Waals surface area contributed by atoms with Crippen molar-refractivity contribution in [3.05, 3.63) is 29.8 Å². The van der Waals surface area contributed by atoms with Crippen molar-refractivity contribution >= 4 is 53.1 Å². The van der Waals surface area contributed by atoms with Gasteiger partial charge < -0.3 is 42.6 Å². The zero-order valence-corrected chi connectivity index (χ0v) is 31.6. The van der Waals surface area contributed by atoms with E-state index in [2.05, 4.69) is 16.0 Å². The van der Waals surface area contributed by atoms with Gasteiger partial charge in [0.05, 0.1) is 29.9 Å². The van der Waals surface area contributed by atoms with E-state index < -0.39 is 41.2 Å². The van der Waals surface area contributed by atoms with Crippen molar-refractivity contribution in [1.82, 2.24) is 20.9 Å². The molecule has 269 valence electrons. The number of hydrogen-bond acceptors (Lipinski definition) is 13. The minimum atomic E-state index is -0.886. The molecular formula is C31H47N7O9SY. The van der Waals surface area contributed by atoms with E-state index in [1.165, 1.54) is 0 Å². The molecule has 0 saturated carbocycles. The van der Waals surface area contributed by atoms with Gasteiger partial charge in [0, 0.05) is 91.0 Å². The molecule has 1 aliphatic heterocycles. The van der Waals surface area contributed by atoms with E-state index in [1.54, 1.807) is 38.4 Å². The van der Waals surface area contributed by atoms with Gasteiger partial charge in [0.15, 0.2) is 5.78 Å². The quantitative estimate of drug-likeness (QED) is 0.0441. The molecule has 2 unspecified atom stereocenters. The van der Waals surface area contributed by atoms with Gasteiger partial charge in [-0.25, -0.2) is 4.79 Å². The Labute approximate surface area is 315 Å². The van der Waals surface area contributed by atoms with Crippen LogP contribution in [0.2, 0.25) is 0 Å². The van der Waals surface area contributed by atoms with Crippen LogP contribution in [0.4, 0.5) is 4.79 Å². The van der Waals surface area contributed by atoms with Gasteiger partial charge in [0.1, 0.15) is 11.5 Å². The Morgan fingerprint density at radius 1 is 1.08 bits per heavy atom. The zero-order chi connectivity index (χ0) is 35.6. The molecule has 1 heterocycles. The first-order valence-electron chi connectivity index (χ1n) is 15.6. The number of nitrogens with one attached hydrogen (secondary N) is 3. The second-order valence-electron chi connectivity index (χ2n) is 11.2. The van der Waals surface area contributed by atoms with E-state index in [0.717, 1.165) is 22.2 Å².